The Kier molecular flexibility index (Phi) is 6.27. The fourth-order valence-electron chi connectivity index (χ4n) is 1.90. The van der Waals surface area contributed by atoms with Gasteiger partial charge < -0.3 is 20.1 Å². The smallest absolute Gasteiger partial charge is 0.411 e. The minimum absolute atomic E-state index is 0.0141. The number of hydrogen-bond donors (Lipinski definition) is 2. The molecular weight excluding hydrogens is 289 g/mol. The van der Waals surface area contributed by atoms with E-state index in [9.17, 15) is 18.0 Å². The van der Waals surface area contributed by atoms with Crippen molar-refractivity contribution >= 4 is 6.09 Å². The van der Waals surface area contributed by atoms with Crippen LogP contribution in [0.3, 0.4) is 0 Å². The number of hydrogen-bond acceptors (Lipinski definition) is 4. The largest absolute Gasteiger partial charge is 0.444 e. The van der Waals surface area contributed by atoms with Crippen molar-refractivity contribution in [3.05, 3.63) is 0 Å². The fourth-order valence-corrected chi connectivity index (χ4v) is 1.90. The molecule has 0 saturated heterocycles. The van der Waals surface area contributed by atoms with Crippen LogP contribution in [0.5, 0.6) is 0 Å². The summed E-state index contributed by atoms with van der Waals surface area (Å²) < 4.78 is 45.0. The van der Waals surface area contributed by atoms with Crippen LogP contribution in [0.2, 0.25) is 0 Å². The lowest BCUT2D eigenvalue weighted by Gasteiger charge is -2.36. The third kappa shape index (κ3) is 8.77. The van der Waals surface area contributed by atoms with Crippen LogP contribution in [0.15, 0.2) is 0 Å². The number of amides is 1. The van der Waals surface area contributed by atoms with Gasteiger partial charge in [0.1, 0.15) is 12.2 Å². The lowest BCUT2D eigenvalue weighted by atomic mass is 9.87. The van der Waals surface area contributed by atoms with Crippen molar-refractivity contribution in [2.45, 2.75) is 57.5 Å². The van der Waals surface area contributed by atoms with Crippen molar-refractivity contribution in [1.29, 1.82) is 0 Å². The Bertz CT molecular complexity index is 337. The molecule has 0 bridgehead atoms. The normalized spacial score (nSPS) is 22.6. The highest BCUT2D eigenvalue weighted by molar-refractivity contribution is 5.68. The molecule has 124 valence electrons. The first-order valence-corrected chi connectivity index (χ1v) is 6.92. The number of alkyl halides is 3. The fraction of sp³-hybridized carbons (Fsp3) is 0.923. The molecule has 0 aliphatic heterocycles. The second kappa shape index (κ2) is 7.31. The Labute approximate surface area is 122 Å². The summed E-state index contributed by atoms with van der Waals surface area (Å²) in [5, 5.41) is 5.82. The van der Waals surface area contributed by atoms with Crippen molar-refractivity contribution in [2.24, 2.45) is 0 Å². The summed E-state index contributed by atoms with van der Waals surface area (Å²) in [6.07, 6.45) is -3.25. The van der Waals surface area contributed by atoms with Crippen LogP contribution in [-0.4, -0.2) is 49.7 Å². The first-order valence-electron chi connectivity index (χ1n) is 6.92. The Hall–Kier alpha value is -1.02. The Morgan fingerprint density at radius 3 is 2.33 bits per heavy atom. The number of ether oxygens (including phenoxy) is 2. The lowest BCUT2D eigenvalue weighted by Crippen LogP contribution is -2.53. The van der Waals surface area contributed by atoms with E-state index in [4.69, 9.17) is 4.74 Å². The van der Waals surface area contributed by atoms with Gasteiger partial charge in [-0.15, -0.1) is 0 Å². The van der Waals surface area contributed by atoms with E-state index in [0.717, 1.165) is 12.8 Å². The summed E-state index contributed by atoms with van der Waals surface area (Å²) >= 11 is 0. The summed E-state index contributed by atoms with van der Waals surface area (Å²) in [5.74, 6) is 0. The number of rotatable bonds is 6. The van der Waals surface area contributed by atoms with Gasteiger partial charge in [-0.1, -0.05) is 0 Å². The molecule has 1 aliphatic carbocycles. The quantitative estimate of drug-likeness (QED) is 0.738. The molecule has 5 nitrogen and oxygen atoms in total. The van der Waals surface area contributed by atoms with Crippen LogP contribution in [0.25, 0.3) is 0 Å². The highest BCUT2D eigenvalue weighted by atomic mass is 19.4. The van der Waals surface area contributed by atoms with E-state index in [2.05, 4.69) is 15.4 Å². The third-order valence-corrected chi connectivity index (χ3v) is 2.80. The first-order chi connectivity index (χ1) is 9.55. The number of carbonyl (C=O) groups excluding carboxylic acids is 1. The predicted octanol–water partition coefficient (Wildman–Crippen LogP) is 2.21. The van der Waals surface area contributed by atoms with Gasteiger partial charge in [0.25, 0.3) is 0 Å². The van der Waals surface area contributed by atoms with Crippen molar-refractivity contribution in [3.8, 4) is 0 Å². The second-order valence-corrected chi connectivity index (χ2v) is 6.13. The number of carbonyl (C=O) groups is 1. The van der Waals surface area contributed by atoms with Crippen LogP contribution in [0, 0.1) is 0 Å². The van der Waals surface area contributed by atoms with Crippen LogP contribution >= 0.6 is 0 Å². The molecule has 21 heavy (non-hydrogen) atoms. The minimum Gasteiger partial charge on any atom is -0.444 e. The van der Waals surface area contributed by atoms with E-state index in [0.29, 0.717) is 6.54 Å². The Morgan fingerprint density at radius 2 is 1.81 bits per heavy atom. The van der Waals surface area contributed by atoms with Gasteiger partial charge in [-0.25, -0.2) is 4.79 Å². The van der Waals surface area contributed by atoms with E-state index in [1.165, 1.54) is 0 Å². The van der Waals surface area contributed by atoms with Crippen LogP contribution in [-0.2, 0) is 9.47 Å². The summed E-state index contributed by atoms with van der Waals surface area (Å²) in [5.41, 5.74) is -0.526. The molecule has 0 unspecified atom stereocenters. The van der Waals surface area contributed by atoms with Gasteiger partial charge >= 0.3 is 12.3 Å². The van der Waals surface area contributed by atoms with Crippen LogP contribution < -0.4 is 10.6 Å². The first kappa shape index (κ1) is 18.0. The lowest BCUT2D eigenvalue weighted by molar-refractivity contribution is -0.173. The molecule has 1 saturated carbocycles. The van der Waals surface area contributed by atoms with E-state index in [1.54, 1.807) is 20.8 Å². The molecule has 0 aromatic carbocycles. The van der Waals surface area contributed by atoms with E-state index < -0.39 is 24.5 Å². The van der Waals surface area contributed by atoms with Crippen molar-refractivity contribution in [1.82, 2.24) is 10.6 Å². The standard InChI is InChI=1S/C13H23F3N2O3/c1-12(2,3)21-11(19)18-10-6-9(7-10)17-4-5-20-8-13(14,15)16/h9-10,17H,4-8H2,1-3H3,(H,18,19). The average Bonchev–Trinajstić information content (AvgIpc) is 2.20. The topological polar surface area (TPSA) is 59.6 Å². The highest BCUT2D eigenvalue weighted by Crippen LogP contribution is 2.20. The maximum Gasteiger partial charge on any atom is 0.411 e. The number of nitrogens with one attached hydrogen (secondary N) is 2. The third-order valence-electron chi connectivity index (χ3n) is 2.80. The molecule has 0 atom stereocenters. The van der Waals surface area contributed by atoms with E-state index in [-0.39, 0.29) is 18.7 Å². The molecule has 1 aliphatic rings. The molecular formula is C13H23F3N2O3. The van der Waals surface area contributed by atoms with Crippen LogP contribution in [0.1, 0.15) is 33.6 Å². The summed E-state index contributed by atoms with van der Waals surface area (Å²) in [6, 6.07) is 0.243. The van der Waals surface area contributed by atoms with Crippen LogP contribution in [0.4, 0.5) is 18.0 Å². The minimum atomic E-state index is -4.28. The molecule has 0 aromatic rings. The summed E-state index contributed by atoms with van der Waals surface area (Å²) in [6.45, 7) is 4.53. The van der Waals surface area contributed by atoms with Gasteiger partial charge in [0, 0.05) is 18.6 Å². The molecule has 0 radical (unpaired) electrons. The predicted molar refractivity (Wildman–Crippen MR) is 71.1 cm³/mol. The SMILES string of the molecule is CC(C)(C)OC(=O)NC1CC(NCCOCC(F)(F)F)C1. The number of alkyl carbamates (subject to hydrolysis) is 1. The maximum absolute atomic E-state index is 11.8. The monoisotopic (exact) mass is 312 g/mol. The van der Waals surface area contributed by atoms with Gasteiger partial charge in [-0.05, 0) is 33.6 Å². The molecule has 1 amide bonds. The Morgan fingerprint density at radius 1 is 1.19 bits per heavy atom. The zero-order valence-corrected chi connectivity index (χ0v) is 12.5. The average molecular weight is 312 g/mol. The molecule has 1 fully saturated rings. The molecule has 0 spiro atoms. The van der Waals surface area contributed by atoms with Gasteiger partial charge in [-0.3, -0.25) is 0 Å². The van der Waals surface area contributed by atoms with Gasteiger partial charge in [0.05, 0.1) is 6.61 Å². The second-order valence-electron chi connectivity index (χ2n) is 6.13. The zero-order chi connectivity index (χ0) is 16.1. The molecule has 8 heteroatoms. The molecule has 2 N–H and O–H groups in total. The summed E-state index contributed by atoms with van der Waals surface area (Å²) in [7, 11) is 0. The maximum atomic E-state index is 11.8. The molecule has 0 heterocycles. The Balaban J connectivity index is 2.00. The summed E-state index contributed by atoms with van der Waals surface area (Å²) in [4.78, 5) is 11.5. The number of halogens is 3. The van der Waals surface area contributed by atoms with Crippen molar-refractivity contribution in [3.63, 3.8) is 0 Å². The molecule has 0 aromatic heterocycles. The van der Waals surface area contributed by atoms with Crippen molar-refractivity contribution in [2.75, 3.05) is 19.8 Å². The van der Waals surface area contributed by atoms with E-state index >= 15 is 0 Å². The van der Waals surface area contributed by atoms with Crippen molar-refractivity contribution < 1.29 is 27.4 Å². The highest BCUT2D eigenvalue weighted by Gasteiger charge is 2.31. The van der Waals surface area contributed by atoms with Gasteiger partial charge in [0.2, 0.25) is 0 Å². The van der Waals surface area contributed by atoms with E-state index in [1.807, 2.05) is 0 Å². The van der Waals surface area contributed by atoms with Gasteiger partial charge in [-0.2, -0.15) is 13.2 Å². The zero-order valence-electron chi connectivity index (χ0n) is 12.5. The molecule has 1 rings (SSSR count). The van der Waals surface area contributed by atoms with Gasteiger partial charge in [0.15, 0.2) is 0 Å².